The van der Waals surface area contributed by atoms with E-state index in [2.05, 4.69) is 0 Å². The Morgan fingerprint density at radius 2 is 1.78 bits per heavy atom. The van der Waals surface area contributed by atoms with Gasteiger partial charge in [-0.3, -0.25) is 0 Å². The number of aryl methyl sites for hydroxylation is 2. The van der Waals surface area contributed by atoms with E-state index in [9.17, 15) is 4.39 Å². The van der Waals surface area contributed by atoms with Gasteiger partial charge in [-0.25, -0.2) is 4.39 Å². The fraction of sp³-hybridized carbons (Fsp3) is 0.200. The summed E-state index contributed by atoms with van der Waals surface area (Å²) in [6.07, 6.45) is 0. The first-order valence-corrected chi connectivity index (χ1v) is 5.81. The van der Waals surface area contributed by atoms with Crippen LogP contribution in [0, 0.1) is 19.7 Å². The highest BCUT2D eigenvalue weighted by Crippen LogP contribution is 2.21. The van der Waals surface area contributed by atoms with E-state index < -0.39 is 5.82 Å². The molecule has 0 spiro atoms. The second-order valence-corrected chi connectivity index (χ2v) is 4.34. The van der Waals surface area contributed by atoms with Crippen molar-refractivity contribution in [1.29, 1.82) is 0 Å². The van der Waals surface area contributed by atoms with Crippen molar-refractivity contribution in [1.82, 2.24) is 0 Å². The molecule has 0 aliphatic heterocycles. The van der Waals surface area contributed by atoms with Crippen LogP contribution in [-0.2, 0) is 6.61 Å². The molecule has 0 saturated heterocycles. The maximum atomic E-state index is 13.0. The monoisotopic (exact) mass is 245 g/mol. The number of nitrogens with two attached hydrogens (primary N) is 1. The lowest BCUT2D eigenvalue weighted by Gasteiger charge is -2.11. The SMILES string of the molecule is Cc1cccc(C)c1COc1ccc(F)c(N)c1. The van der Waals surface area contributed by atoms with Crippen LogP contribution in [0.2, 0.25) is 0 Å². The van der Waals surface area contributed by atoms with E-state index in [1.165, 1.54) is 23.3 Å². The van der Waals surface area contributed by atoms with Crippen molar-refractivity contribution in [2.24, 2.45) is 0 Å². The second kappa shape index (κ2) is 5.08. The zero-order chi connectivity index (χ0) is 13.1. The molecule has 0 aliphatic carbocycles. The number of nitrogen functional groups attached to an aromatic ring is 1. The molecule has 0 atom stereocenters. The van der Waals surface area contributed by atoms with Gasteiger partial charge < -0.3 is 10.5 Å². The summed E-state index contributed by atoms with van der Waals surface area (Å²) in [6, 6.07) is 10.5. The van der Waals surface area contributed by atoms with Crippen LogP contribution in [0.4, 0.5) is 10.1 Å². The molecule has 2 rings (SSSR count). The zero-order valence-electron chi connectivity index (χ0n) is 10.5. The van der Waals surface area contributed by atoms with Crippen molar-refractivity contribution in [3.05, 3.63) is 58.9 Å². The number of rotatable bonds is 3. The summed E-state index contributed by atoms with van der Waals surface area (Å²) >= 11 is 0. The Hall–Kier alpha value is -2.03. The van der Waals surface area contributed by atoms with E-state index in [0.717, 1.165) is 5.56 Å². The molecule has 0 aliphatic rings. The first kappa shape index (κ1) is 12.4. The molecule has 2 aromatic rings. The van der Waals surface area contributed by atoms with Crippen LogP contribution in [0.5, 0.6) is 5.75 Å². The Balaban J connectivity index is 2.14. The van der Waals surface area contributed by atoms with Gasteiger partial charge in [0, 0.05) is 6.07 Å². The molecule has 2 aromatic carbocycles. The van der Waals surface area contributed by atoms with Gasteiger partial charge in [0.1, 0.15) is 18.2 Å². The van der Waals surface area contributed by atoms with Crippen LogP contribution >= 0.6 is 0 Å². The molecule has 0 bridgehead atoms. The summed E-state index contributed by atoms with van der Waals surface area (Å²) in [4.78, 5) is 0. The predicted octanol–water partition coefficient (Wildman–Crippen LogP) is 3.60. The third-order valence-corrected chi connectivity index (χ3v) is 3.00. The van der Waals surface area contributed by atoms with Crippen molar-refractivity contribution < 1.29 is 9.13 Å². The molecule has 2 N–H and O–H groups in total. The van der Waals surface area contributed by atoms with Crippen molar-refractivity contribution in [3.63, 3.8) is 0 Å². The smallest absolute Gasteiger partial charge is 0.146 e. The molecule has 2 nitrogen and oxygen atoms in total. The topological polar surface area (TPSA) is 35.2 Å². The molecule has 3 heteroatoms. The third kappa shape index (κ3) is 2.62. The standard InChI is InChI=1S/C15H16FNO/c1-10-4-3-5-11(2)13(10)9-18-12-6-7-14(16)15(17)8-12/h3-8H,9,17H2,1-2H3. The predicted molar refractivity (Wildman–Crippen MR) is 71.1 cm³/mol. The quantitative estimate of drug-likeness (QED) is 0.838. The number of anilines is 1. The van der Waals surface area contributed by atoms with Crippen LogP contribution in [0.1, 0.15) is 16.7 Å². The van der Waals surface area contributed by atoms with E-state index in [-0.39, 0.29) is 5.69 Å². The summed E-state index contributed by atoms with van der Waals surface area (Å²) in [5.74, 6) is 0.158. The molecule has 94 valence electrons. The summed E-state index contributed by atoms with van der Waals surface area (Å²) in [6.45, 7) is 4.55. The third-order valence-electron chi connectivity index (χ3n) is 3.00. The summed E-state index contributed by atoms with van der Waals surface area (Å²) < 4.78 is 18.7. The van der Waals surface area contributed by atoms with Crippen LogP contribution in [-0.4, -0.2) is 0 Å². The van der Waals surface area contributed by atoms with Gasteiger partial charge in [-0.2, -0.15) is 0 Å². The van der Waals surface area contributed by atoms with Crippen LogP contribution in [0.3, 0.4) is 0 Å². The van der Waals surface area contributed by atoms with Crippen molar-refractivity contribution in [3.8, 4) is 5.75 Å². The minimum absolute atomic E-state index is 0.106. The average molecular weight is 245 g/mol. The molecule has 0 saturated carbocycles. The molecule has 0 radical (unpaired) electrons. The van der Waals surface area contributed by atoms with Crippen molar-refractivity contribution >= 4 is 5.69 Å². The molecule has 0 fully saturated rings. The fourth-order valence-corrected chi connectivity index (χ4v) is 1.84. The van der Waals surface area contributed by atoms with Gasteiger partial charge >= 0.3 is 0 Å². The summed E-state index contributed by atoms with van der Waals surface area (Å²) in [7, 11) is 0. The number of hydrogen-bond donors (Lipinski definition) is 1. The van der Waals surface area contributed by atoms with Crippen molar-refractivity contribution in [2.75, 3.05) is 5.73 Å². The molecule has 0 aromatic heterocycles. The highest BCUT2D eigenvalue weighted by molar-refractivity contribution is 5.45. The number of halogens is 1. The summed E-state index contributed by atoms with van der Waals surface area (Å²) in [5, 5.41) is 0. The van der Waals surface area contributed by atoms with Gasteiger partial charge in [0.25, 0.3) is 0 Å². The lowest BCUT2D eigenvalue weighted by molar-refractivity contribution is 0.304. The molecule has 0 heterocycles. The Morgan fingerprint density at radius 3 is 2.39 bits per heavy atom. The lowest BCUT2D eigenvalue weighted by atomic mass is 10.0. The number of hydrogen-bond acceptors (Lipinski definition) is 2. The van der Waals surface area contributed by atoms with Gasteiger partial charge in [0.15, 0.2) is 0 Å². The van der Waals surface area contributed by atoms with Crippen LogP contribution in [0.15, 0.2) is 36.4 Å². The minimum atomic E-state index is -0.422. The fourth-order valence-electron chi connectivity index (χ4n) is 1.84. The first-order valence-electron chi connectivity index (χ1n) is 5.81. The van der Waals surface area contributed by atoms with Crippen molar-refractivity contribution in [2.45, 2.75) is 20.5 Å². The van der Waals surface area contributed by atoms with Gasteiger partial charge in [0.2, 0.25) is 0 Å². The molecule has 0 unspecified atom stereocenters. The second-order valence-electron chi connectivity index (χ2n) is 4.34. The summed E-state index contributed by atoms with van der Waals surface area (Å²) in [5.41, 5.74) is 9.12. The highest BCUT2D eigenvalue weighted by atomic mass is 19.1. The maximum Gasteiger partial charge on any atom is 0.146 e. The van der Waals surface area contributed by atoms with E-state index >= 15 is 0 Å². The van der Waals surface area contributed by atoms with Crippen LogP contribution < -0.4 is 10.5 Å². The van der Waals surface area contributed by atoms with E-state index in [1.54, 1.807) is 6.07 Å². The van der Waals surface area contributed by atoms with E-state index in [1.807, 2.05) is 32.0 Å². The van der Waals surface area contributed by atoms with Gasteiger partial charge in [-0.05, 0) is 42.7 Å². The Labute approximate surface area is 106 Å². The molecule has 18 heavy (non-hydrogen) atoms. The minimum Gasteiger partial charge on any atom is -0.489 e. The maximum absolute atomic E-state index is 13.0. The zero-order valence-corrected chi connectivity index (χ0v) is 10.5. The Kier molecular flexibility index (Phi) is 3.51. The molecule has 0 amide bonds. The normalized spacial score (nSPS) is 10.4. The number of ether oxygens (including phenoxy) is 1. The number of benzene rings is 2. The Morgan fingerprint density at radius 1 is 1.11 bits per heavy atom. The van der Waals surface area contributed by atoms with E-state index in [0.29, 0.717) is 12.4 Å². The molecular weight excluding hydrogens is 229 g/mol. The van der Waals surface area contributed by atoms with Gasteiger partial charge in [-0.1, -0.05) is 18.2 Å². The van der Waals surface area contributed by atoms with E-state index in [4.69, 9.17) is 10.5 Å². The Bertz CT molecular complexity index is 546. The first-order chi connectivity index (χ1) is 8.58. The average Bonchev–Trinajstić information content (AvgIpc) is 2.33. The lowest BCUT2D eigenvalue weighted by Crippen LogP contribution is -2.01. The van der Waals surface area contributed by atoms with Crippen LogP contribution in [0.25, 0.3) is 0 Å². The largest absolute Gasteiger partial charge is 0.489 e. The van der Waals surface area contributed by atoms with Gasteiger partial charge in [-0.15, -0.1) is 0 Å². The highest BCUT2D eigenvalue weighted by Gasteiger charge is 2.04. The van der Waals surface area contributed by atoms with Gasteiger partial charge in [0.05, 0.1) is 5.69 Å². The molecular formula is C15H16FNO.